The van der Waals surface area contributed by atoms with Gasteiger partial charge in [-0.2, -0.15) is 0 Å². The summed E-state index contributed by atoms with van der Waals surface area (Å²) in [5.41, 5.74) is 2.20. The molecule has 5 heteroatoms. The maximum Gasteiger partial charge on any atom is 0.264 e. The second-order valence-corrected chi connectivity index (χ2v) is 4.23. The van der Waals surface area contributed by atoms with Crippen molar-refractivity contribution in [1.29, 1.82) is 0 Å². The quantitative estimate of drug-likeness (QED) is 0.911. The van der Waals surface area contributed by atoms with E-state index in [2.05, 4.69) is 15.3 Å². The molecule has 2 aromatic rings. The Morgan fingerprint density at radius 1 is 1.16 bits per heavy atom. The predicted molar refractivity (Wildman–Crippen MR) is 72.1 cm³/mol. The Kier molecular flexibility index (Phi) is 4.07. The van der Waals surface area contributed by atoms with Gasteiger partial charge in [-0.3, -0.25) is 10.1 Å². The zero-order valence-electron chi connectivity index (χ0n) is 10.9. The minimum absolute atomic E-state index is 0.0683. The van der Waals surface area contributed by atoms with E-state index in [1.165, 1.54) is 0 Å². The van der Waals surface area contributed by atoms with Crippen molar-refractivity contribution in [3.05, 3.63) is 47.8 Å². The largest absolute Gasteiger partial charge is 0.484 e. The van der Waals surface area contributed by atoms with Gasteiger partial charge in [-0.15, -0.1) is 0 Å². The number of benzene rings is 1. The van der Waals surface area contributed by atoms with E-state index >= 15 is 0 Å². The topological polar surface area (TPSA) is 64.1 Å². The lowest BCUT2D eigenvalue weighted by molar-refractivity contribution is -0.118. The van der Waals surface area contributed by atoms with Gasteiger partial charge in [0, 0.05) is 12.4 Å². The van der Waals surface area contributed by atoms with Crippen LogP contribution in [0.1, 0.15) is 11.1 Å². The van der Waals surface area contributed by atoms with Crippen LogP contribution in [0.3, 0.4) is 0 Å². The molecule has 0 spiro atoms. The fourth-order valence-electron chi connectivity index (χ4n) is 1.69. The lowest BCUT2D eigenvalue weighted by Crippen LogP contribution is -2.21. The molecule has 0 fully saturated rings. The van der Waals surface area contributed by atoms with Crippen molar-refractivity contribution in [2.75, 3.05) is 11.9 Å². The van der Waals surface area contributed by atoms with Gasteiger partial charge in [0.25, 0.3) is 5.91 Å². The lowest BCUT2D eigenvalue weighted by atomic mass is 10.1. The number of nitrogens with zero attached hydrogens (tertiary/aromatic N) is 2. The molecule has 0 radical (unpaired) electrons. The van der Waals surface area contributed by atoms with E-state index in [1.54, 1.807) is 18.5 Å². The normalized spacial score (nSPS) is 10.0. The fourth-order valence-corrected chi connectivity index (χ4v) is 1.69. The number of rotatable bonds is 4. The molecule has 5 nitrogen and oxygen atoms in total. The Balaban J connectivity index is 1.90. The monoisotopic (exact) mass is 257 g/mol. The van der Waals surface area contributed by atoms with Crippen molar-refractivity contribution in [2.24, 2.45) is 0 Å². The summed E-state index contributed by atoms with van der Waals surface area (Å²) >= 11 is 0. The number of carbonyl (C=O) groups is 1. The van der Waals surface area contributed by atoms with E-state index in [9.17, 15) is 4.79 Å². The first kappa shape index (κ1) is 13.0. The average molecular weight is 257 g/mol. The zero-order valence-corrected chi connectivity index (χ0v) is 10.9. The minimum atomic E-state index is -0.287. The van der Waals surface area contributed by atoms with Crippen LogP contribution >= 0.6 is 0 Å². The maximum atomic E-state index is 11.6. The Labute approximate surface area is 111 Å². The highest BCUT2D eigenvalue weighted by Gasteiger charge is 2.05. The average Bonchev–Trinajstić information content (AvgIpc) is 2.36. The zero-order chi connectivity index (χ0) is 13.7. The van der Waals surface area contributed by atoms with Gasteiger partial charge < -0.3 is 4.74 Å². The van der Waals surface area contributed by atoms with Crippen LogP contribution in [0, 0.1) is 13.8 Å². The molecule has 0 aliphatic carbocycles. The van der Waals surface area contributed by atoms with Crippen molar-refractivity contribution >= 4 is 11.9 Å². The summed E-state index contributed by atoms with van der Waals surface area (Å²) < 4.78 is 5.43. The third-order valence-electron chi connectivity index (χ3n) is 2.38. The van der Waals surface area contributed by atoms with Crippen LogP contribution in [-0.4, -0.2) is 22.5 Å². The summed E-state index contributed by atoms with van der Waals surface area (Å²) in [5, 5.41) is 2.56. The number of anilines is 1. The number of nitrogens with one attached hydrogen (secondary N) is 1. The van der Waals surface area contributed by atoms with E-state index in [4.69, 9.17) is 4.74 Å². The van der Waals surface area contributed by atoms with E-state index in [-0.39, 0.29) is 18.5 Å². The van der Waals surface area contributed by atoms with Gasteiger partial charge in [-0.1, -0.05) is 6.07 Å². The predicted octanol–water partition coefficient (Wildman–Crippen LogP) is 2.11. The summed E-state index contributed by atoms with van der Waals surface area (Å²) in [4.78, 5) is 19.4. The Morgan fingerprint density at radius 2 is 1.79 bits per heavy atom. The van der Waals surface area contributed by atoms with Gasteiger partial charge in [0.1, 0.15) is 5.75 Å². The van der Waals surface area contributed by atoms with Crippen molar-refractivity contribution in [1.82, 2.24) is 9.97 Å². The molecule has 1 aromatic heterocycles. The molecule has 2 rings (SSSR count). The first-order chi connectivity index (χ1) is 9.13. The Morgan fingerprint density at radius 3 is 2.42 bits per heavy atom. The maximum absolute atomic E-state index is 11.6. The summed E-state index contributed by atoms with van der Waals surface area (Å²) in [7, 11) is 0. The molecular weight excluding hydrogens is 242 g/mol. The SMILES string of the molecule is Cc1cc(C)cc(OCC(=O)Nc2ncccn2)c1. The van der Waals surface area contributed by atoms with Crippen molar-refractivity contribution < 1.29 is 9.53 Å². The molecule has 0 bridgehead atoms. The van der Waals surface area contributed by atoms with Crippen LogP contribution < -0.4 is 10.1 Å². The van der Waals surface area contributed by atoms with Gasteiger partial charge >= 0.3 is 0 Å². The third kappa shape index (κ3) is 4.06. The van der Waals surface area contributed by atoms with E-state index in [0.717, 1.165) is 11.1 Å². The fraction of sp³-hybridized carbons (Fsp3) is 0.214. The van der Waals surface area contributed by atoms with Crippen LogP contribution in [0.15, 0.2) is 36.7 Å². The molecular formula is C14H15N3O2. The highest BCUT2D eigenvalue weighted by molar-refractivity contribution is 5.90. The summed E-state index contributed by atoms with van der Waals surface area (Å²) in [6.07, 6.45) is 3.13. The van der Waals surface area contributed by atoms with Gasteiger partial charge in [0.2, 0.25) is 5.95 Å². The molecule has 0 aliphatic heterocycles. The molecule has 19 heavy (non-hydrogen) atoms. The third-order valence-corrected chi connectivity index (χ3v) is 2.38. The highest BCUT2D eigenvalue weighted by atomic mass is 16.5. The van der Waals surface area contributed by atoms with Gasteiger partial charge in [0.15, 0.2) is 6.61 Å². The van der Waals surface area contributed by atoms with Gasteiger partial charge in [0.05, 0.1) is 0 Å². The number of hydrogen-bond acceptors (Lipinski definition) is 4. The standard InChI is InChI=1S/C14H15N3O2/c1-10-6-11(2)8-12(7-10)19-9-13(18)17-14-15-4-3-5-16-14/h3-8H,9H2,1-2H3,(H,15,16,17,18). The van der Waals surface area contributed by atoms with Gasteiger partial charge in [-0.05, 0) is 43.2 Å². The molecule has 1 aromatic carbocycles. The first-order valence-corrected chi connectivity index (χ1v) is 5.91. The molecule has 0 saturated carbocycles. The Bertz CT molecular complexity index is 550. The summed E-state index contributed by atoms with van der Waals surface area (Å²) in [6, 6.07) is 7.50. The second kappa shape index (κ2) is 5.95. The van der Waals surface area contributed by atoms with E-state index in [1.807, 2.05) is 32.0 Å². The van der Waals surface area contributed by atoms with Crippen molar-refractivity contribution in [3.8, 4) is 5.75 Å². The van der Waals surface area contributed by atoms with Crippen LogP contribution in [0.5, 0.6) is 5.75 Å². The molecule has 1 N–H and O–H groups in total. The number of amides is 1. The lowest BCUT2D eigenvalue weighted by Gasteiger charge is -2.08. The van der Waals surface area contributed by atoms with Crippen LogP contribution in [0.2, 0.25) is 0 Å². The minimum Gasteiger partial charge on any atom is -0.484 e. The molecule has 1 heterocycles. The summed E-state index contributed by atoms with van der Waals surface area (Å²) in [5.74, 6) is 0.670. The number of aromatic nitrogens is 2. The summed E-state index contributed by atoms with van der Waals surface area (Å²) in [6.45, 7) is 3.90. The van der Waals surface area contributed by atoms with Crippen LogP contribution in [0.25, 0.3) is 0 Å². The number of ether oxygens (including phenoxy) is 1. The van der Waals surface area contributed by atoms with E-state index < -0.39 is 0 Å². The first-order valence-electron chi connectivity index (χ1n) is 5.91. The molecule has 0 unspecified atom stereocenters. The molecule has 1 amide bonds. The molecule has 0 atom stereocenters. The Hall–Kier alpha value is -2.43. The smallest absolute Gasteiger partial charge is 0.264 e. The molecule has 0 saturated heterocycles. The van der Waals surface area contributed by atoms with Gasteiger partial charge in [-0.25, -0.2) is 9.97 Å². The second-order valence-electron chi connectivity index (χ2n) is 4.23. The highest BCUT2D eigenvalue weighted by Crippen LogP contribution is 2.16. The van der Waals surface area contributed by atoms with Crippen LogP contribution in [-0.2, 0) is 4.79 Å². The van der Waals surface area contributed by atoms with Crippen molar-refractivity contribution in [2.45, 2.75) is 13.8 Å². The molecule has 98 valence electrons. The number of carbonyl (C=O) groups excluding carboxylic acids is 1. The van der Waals surface area contributed by atoms with Crippen LogP contribution in [0.4, 0.5) is 5.95 Å². The number of hydrogen-bond donors (Lipinski definition) is 1. The van der Waals surface area contributed by atoms with E-state index in [0.29, 0.717) is 5.75 Å². The number of aryl methyl sites for hydroxylation is 2. The molecule has 0 aliphatic rings. The van der Waals surface area contributed by atoms with Crippen molar-refractivity contribution in [3.63, 3.8) is 0 Å².